The first-order valence-electron chi connectivity index (χ1n) is 38.9. The van der Waals surface area contributed by atoms with Gasteiger partial charge in [0.25, 0.3) is 0 Å². The molecule has 0 rings (SSSR count). The lowest BCUT2D eigenvalue weighted by Crippen LogP contribution is -2.30. The summed E-state index contributed by atoms with van der Waals surface area (Å²) in [5.41, 5.74) is 0. The number of phosphoric ester groups is 2. The van der Waals surface area contributed by atoms with Crippen molar-refractivity contribution in [2.75, 3.05) is 39.6 Å². The molecule has 0 saturated heterocycles. The second kappa shape index (κ2) is 65.7. The molecule has 19 heteroatoms. The molecule has 0 fully saturated rings. The predicted molar refractivity (Wildman–Crippen MR) is 381 cm³/mol. The summed E-state index contributed by atoms with van der Waals surface area (Å²) < 4.78 is 68.5. The molecule has 0 aromatic rings. The molecular formula is C75H146O17P2. The number of carbonyl (C=O) groups excluding carboxylic acids is 4. The van der Waals surface area contributed by atoms with E-state index in [2.05, 4.69) is 48.5 Å². The fourth-order valence-electron chi connectivity index (χ4n) is 11.4. The summed E-state index contributed by atoms with van der Waals surface area (Å²) in [6.45, 7) is 11.9. The van der Waals surface area contributed by atoms with E-state index in [4.69, 9.17) is 37.0 Å². The van der Waals surface area contributed by atoms with Crippen LogP contribution in [-0.2, 0) is 65.4 Å². The number of hydrogen-bond donors (Lipinski definition) is 3. The summed E-state index contributed by atoms with van der Waals surface area (Å²) in [4.78, 5) is 72.8. The Morgan fingerprint density at radius 3 is 0.809 bits per heavy atom. The number of phosphoric acid groups is 2. The van der Waals surface area contributed by atoms with Gasteiger partial charge in [0.2, 0.25) is 0 Å². The van der Waals surface area contributed by atoms with Crippen molar-refractivity contribution in [1.29, 1.82) is 0 Å². The van der Waals surface area contributed by atoms with E-state index in [-0.39, 0.29) is 25.7 Å². The number of rotatable bonds is 73. The van der Waals surface area contributed by atoms with Crippen molar-refractivity contribution in [2.24, 2.45) is 17.8 Å². The van der Waals surface area contributed by atoms with Crippen molar-refractivity contribution in [3.8, 4) is 0 Å². The zero-order chi connectivity index (χ0) is 69.4. The van der Waals surface area contributed by atoms with Crippen LogP contribution < -0.4 is 0 Å². The molecule has 0 bridgehead atoms. The maximum atomic E-state index is 13.1. The zero-order valence-corrected chi connectivity index (χ0v) is 63.2. The van der Waals surface area contributed by atoms with E-state index in [1.54, 1.807) is 0 Å². The molecule has 0 radical (unpaired) electrons. The van der Waals surface area contributed by atoms with E-state index < -0.39 is 97.5 Å². The average Bonchev–Trinajstić information content (AvgIpc) is 3.19. The van der Waals surface area contributed by atoms with Gasteiger partial charge in [-0.1, -0.05) is 331 Å². The minimum absolute atomic E-state index is 0.106. The first-order chi connectivity index (χ1) is 45.3. The van der Waals surface area contributed by atoms with Gasteiger partial charge < -0.3 is 33.8 Å². The molecule has 0 aromatic carbocycles. The Bertz CT molecular complexity index is 1840. The molecule has 6 atom stereocenters. The van der Waals surface area contributed by atoms with Crippen molar-refractivity contribution in [3.63, 3.8) is 0 Å². The summed E-state index contributed by atoms with van der Waals surface area (Å²) in [5.74, 6) is 0.238. The highest BCUT2D eigenvalue weighted by molar-refractivity contribution is 7.47. The quantitative estimate of drug-likeness (QED) is 0.0222. The fourth-order valence-corrected chi connectivity index (χ4v) is 13.0. The van der Waals surface area contributed by atoms with Crippen molar-refractivity contribution in [3.05, 3.63) is 0 Å². The van der Waals surface area contributed by atoms with Gasteiger partial charge in [-0.25, -0.2) is 9.13 Å². The van der Waals surface area contributed by atoms with E-state index in [9.17, 15) is 43.2 Å². The number of esters is 4. The van der Waals surface area contributed by atoms with Crippen LogP contribution in [0.4, 0.5) is 0 Å². The number of ether oxygens (including phenoxy) is 4. The van der Waals surface area contributed by atoms with Crippen LogP contribution in [0.5, 0.6) is 0 Å². The molecule has 0 amide bonds. The summed E-state index contributed by atoms with van der Waals surface area (Å²) >= 11 is 0. The molecule has 0 aliphatic carbocycles. The molecule has 0 aliphatic heterocycles. The lowest BCUT2D eigenvalue weighted by molar-refractivity contribution is -0.161. The third-order valence-electron chi connectivity index (χ3n) is 17.7. The number of carbonyl (C=O) groups is 4. The van der Waals surface area contributed by atoms with Crippen molar-refractivity contribution in [2.45, 2.75) is 401 Å². The van der Waals surface area contributed by atoms with Crippen LogP contribution >= 0.6 is 15.6 Å². The van der Waals surface area contributed by atoms with Crippen molar-refractivity contribution >= 4 is 39.5 Å². The van der Waals surface area contributed by atoms with Crippen LogP contribution in [0.2, 0.25) is 0 Å². The maximum Gasteiger partial charge on any atom is 0.472 e. The Labute approximate surface area is 575 Å². The molecule has 17 nitrogen and oxygen atoms in total. The van der Waals surface area contributed by atoms with Crippen LogP contribution in [-0.4, -0.2) is 96.7 Å². The number of hydrogen-bond acceptors (Lipinski definition) is 15. The molecule has 3 N–H and O–H groups in total. The number of aliphatic hydroxyl groups is 1. The van der Waals surface area contributed by atoms with Gasteiger partial charge in [-0.15, -0.1) is 0 Å². The number of unbranched alkanes of at least 4 members (excludes halogenated alkanes) is 40. The Hall–Kier alpha value is -1.94. The van der Waals surface area contributed by atoms with Gasteiger partial charge in [0.05, 0.1) is 26.4 Å². The Morgan fingerprint density at radius 2 is 0.543 bits per heavy atom. The fraction of sp³-hybridized carbons (Fsp3) is 0.947. The Kier molecular flexibility index (Phi) is 64.3. The third-order valence-corrected chi connectivity index (χ3v) is 19.6. The van der Waals surface area contributed by atoms with Gasteiger partial charge >= 0.3 is 39.5 Å². The molecule has 0 aromatic heterocycles. The monoisotopic (exact) mass is 1380 g/mol. The number of aliphatic hydroxyl groups excluding tert-OH is 1. The van der Waals surface area contributed by atoms with Gasteiger partial charge in [0, 0.05) is 25.7 Å². The summed E-state index contributed by atoms with van der Waals surface area (Å²) in [5, 5.41) is 10.6. The van der Waals surface area contributed by atoms with Gasteiger partial charge in [0.1, 0.15) is 19.3 Å². The molecule has 3 unspecified atom stereocenters. The normalized spacial score (nSPS) is 14.4. The summed E-state index contributed by atoms with van der Waals surface area (Å²) in [6.07, 6.45) is 51.2. The summed E-state index contributed by atoms with van der Waals surface area (Å²) in [6, 6.07) is 0. The zero-order valence-electron chi connectivity index (χ0n) is 61.4. The highest BCUT2D eigenvalue weighted by atomic mass is 31.2. The topological polar surface area (TPSA) is 237 Å². The molecule has 0 saturated carbocycles. The smallest absolute Gasteiger partial charge is 0.462 e. The molecule has 0 heterocycles. The molecule has 94 heavy (non-hydrogen) atoms. The Balaban J connectivity index is 5.25. The lowest BCUT2D eigenvalue weighted by atomic mass is 9.99. The van der Waals surface area contributed by atoms with Crippen LogP contribution in [0.3, 0.4) is 0 Å². The minimum Gasteiger partial charge on any atom is -0.462 e. The maximum absolute atomic E-state index is 13.1. The predicted octanol–water partition coefficient (Wildman–Crippen LogP) is 21.8. The van der Waals surface area contributed by atoms with E-state index >= 15 is 0 Å². The van der Waals surface area contributed by atoms with E-state index in [0.29, 0.717) is 25.7 Å². The minimum atomic E-state index is -4.96. The van der Waals surface area contributed by atoms with Gasteiger partial charge in [0.15, 0.2) is 12.2 Å². The highest BCUT2D eigenvalue weighted by Gasteiger charge is 2.30. The lowest BCUT2D eigenvalue weighted by Gasteiger charge is -2.21. The van der Waals surface area contributed by atoms with E-state index in [1.807, 2.05) is 0 Å². The second-order valence-electron chi connectivity index (χ2n) is 28.2. The van der Waals surface area contributed by atoms with Crippen LogP contribution in [0.25, 0.3) is 0 Å². The molecule has 0 spiro atoms. The van der Waals surface area contributed by atoms with E-state index in [0.717, 1.165) is 108 Å². The second-order valence-corrected chi connectivity index (χ2v) is 31.1. The molecule has 0 aliphatic rings. The van der Waals surface area contributed by atoms with Gasteiger partial charge in [-0.05, 0) is 43.4 Å². The average molecular weight is 1380 g/mol. The van der Waals surface area contributed by atoms with Crippen LogP contribution in [0.15, 0.2) is 0 Å². The third kappa shape index (κ3) is 67.3. The van der Waals surface area contributed by atoms with Gasteiger partial charge in [-0.3, -0.25) is 37.3 Å². The van der Waals surface area contributed by atoms with Gasteiger partial charge in [-0.2, -0.15) is 0 Å². The van der Waals surface area contributed by atoms with Crippen LogP contribution in [0, 0.1) is 17.8 Å². The van der Waals surface area contributed by atoms with Crippen LogP contribution in [0.1, 0.15) is 382 Å². The highest BCUT2D eigenvalue weighted by Crippen LogP contribution is 2.45. The molecular weight excluding hydrogens is 1230 g/mol. The first-order valence-corrected chi connectivity index (χ1v) is 41.9. The van der Waals surface area contributed by atoms with Crippen molar-refractivity contribution < 1.29 is 80.2 Å². The summed E-state index contributed by atoms with van der Waals surface area (Å²) in [7, 11) is -9.91. The molecule has 558 valence electrons. The van der Waals surface area contributed by atoms with Crippen molar-refractivity contribution in [1.82, 2.24) is 0 Å². The largest absolute Gasteiger partial charge is 0.472 e. The first kappa shape index (κ1) is 92.1. The Morgan fingerprint density at radius 1 is 0.309 bits per heavy atom. The SMILES string of the molecule is CCCCCCCCCCCCC(=O)OC[C@H](COP(=O)(O)OC[C@H](O)COP(=O)(O)OC[C@@H](COC(=O)CCCCCCCCCCCCC(C)C)OC(=O)CCCCCCCCCCCCCCCCC(C)CC)OC(=O)CCCCCCCCCCCCC(C)C. The standard InChI is InChI=1S/C75H146O17P2/c1-8-10-11-12-13-14-28-35-42-49-56-72(77)85-62-70(92-75(80)59-52-45-38-31-24-22-26-33-40-47-54-67(5)6)64-89-93(81,82)87-60-69(76)61-88-94(83,84)90-65-71(63-86-73(78)57-50-43-36-29-23-21-25-32-39-46-53-66(3)4)91-74(79)58-51-44-37-30-20-18-16-15-17-19-27-34-41-48-55-68(7)9-2/h66-71,76H,8-65H2,1-7H3,(H,81,82)(H,83,84)/t68?,69-,70+,71+/m0/s1. The van der Waals surface area contributed by atoms with E-state index in [1.165, 1.54) is 193 Å².